The molecular weight excluding hydrogens is 424 g/mol. The smallest absolute Gasteiger partial charge is 0.338 e. The number of phenols is 1. The standard InChI is InChI=1S/C22H26O10/c23-14-8-6-12(7-9-14)17(25)15(24)10-31-22-20(28)19(27)18(26)16(32-22)11-30-21(29)13-4-2-1-3-5-13/h1-9,15-20,22-28H,10-11H2/t15?,16-,17?,18-,19+,20-,22-/m1/s1. The van der Waals surface area contributed by atoms with Gasteiger partial charge in [-0.2, -0.15) is 0 Å². The van der Waals surface area contributed by atoms with E-state index in [-0.39, 0.29) is 11.3 Å². The molecule has 0 bridgehead atoms. The predicted octanol–water partition coefficient (Wildman–Crippen LogP) is -0.532. The number of rotatable bonds is 8. The minimum atomic E-state index is -1.66. The Kier molecular flexibility index (Phi) is 8.15. The molecule has 0 aliphatic carbocycles. The van der Waals surface area contributed by atoms with Crippen LogP contribution in [0.5, 0.6) is 5.75 Å². The molecule has 0 saturated carbocycles. The van der Waals surface area contributed by atoms with Crippen LogP contribution in [0.4, 0.5) is 0 Å². The van der Waals surface area contributed by atoms with Gasteiger partial charge in [0.25, 0.3) is 0 Å². The van der Waals surface area contributed by atoms with Crippen molar-refractivity contribution in [2.75, 3.05) is 13.2 Å². The molecule has 1 saturated heterocycles. The van der Waals surface area contributed by atoms with Crippen LogP contribution in [0.25, 0.3) is 0 Å². The van der Waals surface area contributed by atoms with Crippen LogP contribution in [-0.4, -0.2) is 86.6 Å². The van der Waals surface area contributed by atoms with Gasteiger partial charge >= 0.3 is 5.97 Å². The van der Waals surface area contributed by atoms with Gasteiger partial charge in [0.15, 0.2) is 6.29 Å². The first-order valence-electron chi connectivity index (χ1n) is 9.96. The largest absolute Gasteiger partial charge is 0.508 e. The first kappa shape index (κ1) is 24.1. The molecule has 0 aromatic heterocycles. The Labute approximate surface area is 183 Å². The predicted molar refractivity (Wildman–Crippen MR) is 108 cm³/mol. The van der Waals surface area contributed by atoms with Gasteiger partial charge in [-0.15, -0.1) is 0 Å². The van der Waals surface area contributed by atoms with E-state index in [1.54, 1.807) is 30.3 Å². The number of benzene rings is 2. The summed E-state index contributed by atoms with van der Waals surface area (Å²) in [5.74, 6) is -0.663. The minimum Gasteiger partial charge on any atom is -0.508 e. The van der Waals surface area contributed by atoms with Crippen LogP contribution < -0.4 is 0 Å². The summed E-state index contributed by atoms with van der Waals surface area (Å²) in [7, 11) is 0. The second kappa shape index (κ2) is 10.8. The second-order valence-electron chi connectivity index (χ2n) is 7.42. The third kappa shape index (κ3) is 5.81. The van der Waals surface area contributed by atoms with E-state index < -0.39 is 62.1 Å². The molecule has 0 radical (unpaired) electrons. The lowest BCUT2D eigenvalue weighted by atomic mass is 9.99. The summed E-state index contributed by atoms with van der Waals surface area (Å²) in [6, 6.07) is 13.7. The van der Waals surface area contributed by atoms with Crippen LogP contribution in [0.2, 0.25) is 0 Å². The molecule has 1 fully saturated rings. The molecule has 10 nitrogen and oxygen atoms in total. The van der Waals surface area contributed by atoms with Gasteiger partial charge in [-0.25, -0.2) is 4.79 Å². The SMILES string of the molecule is O=C(OC[C@H]1O[C@@H](OCC(O)C(O)c2ccc(O)cc2)[C@H](O)[C@@H](O)[C@@H]1O)c1ccccc1. The van der Waals surface area contributed by atoms with Crippen molar-refractivity contribution in [1.82, 2.24) is 0 Å². The molecule has 32 heavy (non-hydrogen) atoms. The van der Waals surface area contributed by atoms with E-state index in [4.69, 9.17) is 14.2 Å². The van der Waals surface area contributed by atoms with E-state index in [0.29, 0.717) is 5.56 Å². The molecule has 1 aliphatic heterocycles. The van der Waals surface area contributed by atoms with Gasteiger partial charge in [-0.3, -0.25) is 0 Å². The van der Waals surface area contributed by atoms with Crippen LogP contribution >= 0.6 is 0 Å². The number of carbonyl (C=O) groups is 1. The number of aliphatic hydroxyl groups is 5. The number of hydrogen-bond acceptors (Lipinski definition) is 10. The quantitative estimate of drug-likeness (QED) is 0.288. The third-order valence-electron chi connectivity index (χ3n) is 5.09. The molecule has 1 heterocycles. The van der Waals surface area contributed by atoms with Crippen LogP contribution in [-0.2, 0) is 14.2 Å². The van der Waals surface area contributed by atoms with E-state index in [0.717, 1.165) is 0 Å². The number of ether oxygens (including phenoxy) is 3. The Morgan fingerprint density at radius 2 is 1.59 bits per heavy atom. The maximum atomic E-state index is 12.1. The van der Waals surface area contributed by atoms with Gasteiger partial charge in [-0.05, 0) is 29.8 Å². The second-order valence-corrected chi connectivity index (χ2v) is 7.42. The fraction of sp³-hybridized carbons (Fsp3) is 0.409. The van der Waals surface area contributed by atoms with Gasteiger partial charge in [0, 0.05) is 0 Å². The molecule has 0 amide bonds. The number of carbonyl (C=O) groups excluding carboxylic acids is 1. The van der Waals surface area contributed by atoms with Crippen molar-refractivity contribution in [2.24, 2.45) is 0 Å². The highest BCUT2D eigenvalue weighted by atomic mass is 16.7. The summed E-state index contributed by atoms with van der Waals surface area (Å²) >= 11 is 0. The van der Waals surface area contributed by atoms with E-state index in [1.807, 2.05) is 0 Å². The molecule has 7 atom stereocenters. The summed E-state index contributed by atoms with van der Waals surface area (Å²) in [5, 5.41) is 60.1. The lowest BCUT2D eigenvalue weighted by molar-refractivity contribution is -0.305. The van der Waals surface area contributed by atoms with Crippen molar-refractivity contribution in [3.63, 3.8) is 0 Å². The fourth-order valence-corrected chi connectivity index (χ4v) is 3.19. The van der Waals surface area contributed by atoms with Crippen LogP contribution in [0, 0.1) is 0 Å². The van der Waals surface area contributed by atoms with Crippen LogP contribution in [0.15, 0.2) is 54.6 Å². The zero-order valence-corrected chi connectivity index (χ0v) is 17.0. The molecule has 3 rings (SSSR count). The number of hydrogen-bond donors (Lipinski definition) is 6. The Hall–Kier alpha value is -2.57. The average Bonchev–Trinajstić information content (AvgIpc) is 2.81. The van der Waals surface area contributed by atoms with E-state index >= 15 is 0 Å². The first-order chi connectivity index (χ1) is 15.3. The van der Waals surface area contributed by atoms with Crippen molar-refractivity contribution in [3.8, 4) is 5.75 Å². The number of aliphatic hydroxyl groups excluding tert-OH is 5. The van der Waals surface area contributed by atoms with E-state index in [1.165, 1.54) is 24.3 Å². The highest BCUT2D eigenvalue weighted by Gasteiger charge is 2.45. The number of aromatic hydroxyl groups is 1. The lowest BCUT2D eigenvalue weighted by Gasteiger charge is -2.40. The molecule has 10 heteroatoms. The Morgan fingerprint density at radius 3 is 2.25 bits per heavy atom. The molecule has 1 aliphatic rings. The zero-order chi connectivity index (χ0) is 23.3. The maximum Gasteiger partial charge on any atom is 0.338 e. The summed E-state index contributed by atoms with van der Waals surface area (Å²) in [6.07, 6.45) is -10.3. The van der Waals surface area contributed by atoms with Crippen molar-refractivity contribution >= 4 is 5.97 Å². The number of esters is 1. The maximum absolute atomic E-state index is 12.1. The molecule has 2 unspecified atom stereocenters. The Morgan fingerprint density at radius 1 is 0.938 bits per heavy atom. The van der Waals surface area contributed by atoms with Crippen molar-refractivity contribution in [1.29, 1.82) is 0 Å². The first-order valence-corrected chi connectivity index (χ1v) is 9.96. The summed E-state index contributed by atoms with van der Waals surface area (Å²) in [5.41, 5.74) is 0.614. The summed E-state index contributed by atoms with van der Waals surface area (Å²) < 4.78 is 15.9. The molecule has 6 N–H and O–H groups in total. The van der Waals surface area contributed by atoms with Crippen LogP contribution in [0.3, 0.4) is 0 Å². The normalized spacial score (nSPS) is 27.5. The Bertz CT molecular complexity index is 859. The van der Waals surface area contributed by atoms with E-state index in [2.05, 4.69) is 0 Å². The highest BCUT2D eigenvalue weighted by molar-refractivity contribution is 5.89. The summed E-state index contributed by atoms with van der Waals surface area (Å²) in [4.78, 5) is 12.1. The fourth-order valence-electron chi connectivity index (χ4n) is 3.19. The molecular formula is C22H26O10. The molecule has 2 aromatic rings. The Balaban J connectivity index is 1.56. The monoisotopic (exact) mass is 450 g/mol. The molecule has 174 valence electrons. The van der Waals surface area contributed by atoms with Crippen molar-refractivity contribution in [2.45, 2.75) is 42.9 Å². The number of phenolic OH excluding ortho intramolecular Hbond substituents is 1. The van der Waals surface area contributed by atoms with Crippen molar-refractivity contribution in [3.05, 3.63) is 65.7 Å². The highest BCUT2D eigenvalue weighted by Crippen LogP contribution is 2.25. The third-order valence-corrected chi connectivity index (χ3v) is 5.09. The van der Waals surface area contributed by atoms with Crippen molar-refractivity contribution < 1.29 is 49.6 Å². The molecule has 0 spiro atoms. The topological polar surface area (TPSA) is 166 Å². The zero-order valence-electron chi connectivity index (χ0n) is 17.0. The van der Waals surface area contributed by atoms with Gasteiger partial charge in [-0.1, -0.05) is 30.3 Å². The van der Waals surface area contributed by atoms with Crippen LogP contribution in [0.1, 0.15) is 22.0 Å². The minimum absolute atomic E-state index is 0.00281. The van der Waals surface area contributed by atoms with Gasteiger partial charge in [0.2, 0.25) is 0 Å². The van der Waals surface area contributed by atoms with Gasteiger partial charge in [0.1, 0.15) is 49.0 Å². The average molecular weight is 450 g/mol. The lowest BCUT2D eigenvalue weighted by Crippen LogP contribution is -2.59. The van der Waals surface area contributed by atoms with E-state index in [9.17, 15) is 35.4 Å². The van der Waals surface area contributed by atoms with Gasteiger partial charge < -0.3 is 44.8 Å². The van der Waals surface area contributed by atoms with Gasteiger partial charge in [0.05, 0.1) is 12.2 Å². The summed E-state index contributed by atoms with van der Waals surface area (Å²) in [6.45, 7) is -0.902. The molecule has 2 aromatic carbocycles.